The smallest absolute Gasteiger partial charge is 0.191 e. The molecule has 0 atom stereocenters. The number of hydrogen-bond acceptors (Lipinski definition) is 4. The summed E-state index contributed by atoms with van der Waals surface area (Å²) in [7, 11) is 0. The van der Waals surface area contributed by atoms with Crippen molar-refractivity contribution in [2.45, 2.75) is 6.42 Å². The van der Waals surface area contributed by atoms with E-state index >= 15 is 0 Å². The van der Waals surface area contributed by atoms with Crippen LogP contribution in [0.4, 0.5) is 0 Å². The highest BCUT2D eigenvalue weighted by atomic mass is 32.1. The number of para-hydroxylation sites is 1. The first-order valence-electron chi connectivity index (χ1n) is 6.05. The summed E-state index contributed by atoms with van der Waals surface area (Å²) >= 11 is 1.63. The Kier molecular flexibility index (Phi) is 3.56. The van der Waals surface area contributed by atoms with E-state index in [4.69, 9.17) is 4.74 Å². The van der Waals surface area contributed by atoms with Crippen LogP contribution in [0.1, 0.15) is 5.82 Å². The summed E-state index contributed by atoms with van der Waals surface area (Å²) in [5, 5.41) is 9.17. The Labute approximate surface area is 115 Å². The fourth-order valence-electron chi connectivity index (χ4n) is 1.71. The van der Waals surface area contributed by atoms with E-state index in [2.05, 4.69) is 15.2 Å². The Morgan fingerprint density at radius 3 is 2.79 bits per heavy atom. The van der Waals surface area contributed by atoms with Crippen molar-refractivity contribution in [1.29, 1.82) is 0 Å². The molecule has 0 spiro atoms. The summed E-state index contributed by atoms with van der Waals surface area (Å²) in [6, 6.07) is 13.8. The third-order valence-corrected chi connectivity index (χ3v) is 3.49. The average molecular weight is 271 g/mol. The van der Waals surface area contributed by atoms with Gasteiger partial charge in [0.05, 0.1) is 11.5 Å². The topological polar surface area (TPSA) is 50.8 Å². The summed E-state index contributed by atoms with van der Waals surface area (Å²) in [6.07, 6.45) is 0.716. The minimum atomic E-state index is 0.586. The van der Waals surface area contributed by atoms with Crippen LogP contribution in [0.5, 0.6) is 5.75 Å². The second-order valence-electron chi connectivity index (χ2n) is 3.99. The highest BCUT2D eigenvalue weighted by Gasteiger charge is 2.06. The molecule has 96 valence electrons. The quantitative estimate of drug-likeness (QED) is 0.775. The molecule has 0 amide bonds. The molecule has 2 heterocycles. The van der Waals surface area contributed by atoms with Gasteiger partial charge in [-0.3, -0.25) is 5.10 Å². The van der Waals surface area contributed by atoms with Crippen LogP contribution in [-0.4, -0.2) is 21.8 Å². The number of benzene rings is 1. The molecule has 3 rings (SSSR count). The Hall–Kier alpha value is -2.14. The zero-order valence-corrected chi connectivity index (χ0v) is 11.1. The minimum Gasteiger partial charge on any atom is -0.493 e. The molecule has 0 aliphatic rings. The van der Waals surface area contributed by atoms with Crippen molar-refractivity contribution in [1.82, 2.24) is 15.2 Å². The van der Waals surface area contributed by atoms with E-state index in [1.54, 1.807) is 11.3 Å². The summed E-state index contributed by atoms with van der Waals surface area (Å²) in [5.74, 6) is 2.48. The van der Waals surface area contributed by atoms with Gasteiger partial charge in [0, 0.05) is 6.42 Å². The molecule has 0 saturated carbocycles. The molecule has 0 saturated heterocycles. The first kappa shape index (κ1) is 11.9. The van der Waals surface area contributed by atoms with E-state index in [0.29, 0.717) is 13.0 Å². The lowest BCUT2D eigenvalue weighted by molar-refractivity contribution is 0.319. The lowest BCUT2D eigenvalue weighted by Gasteiger charge is -2.03. The van der Waals surface area contributed by atoms with Gasteiger partial charge < -0.3 is 4.74 Å². The van der Waals surface area contributed by atoms with E-state index in [-0.39, 0.29) is 0 Å². The van der Waals surface area contributed by atoms with Crippen LogP contribution in [0.2, 0.25) is 0 Å². The zero-order chi connectivity index (χ0) is 12.9. The summed E-state index contributed by atoms with van der Waals surface area (Å²) in [6.45, 7) is 0.586. The van der Waals surface area contributed by atoms with E-state index in [0.717, 1.165) is 22.3 Å². The fraction of sp³-hybridized carbons (Fsp3) is 0.143. The second kappa shape index (κ2) is 5.67. The van der Waals surface area contributed by atoms with E-state index in [1.807, 2.05) is 47.8 Å². The van der Waals surface area contributed by atoms with Gasteiger partial charge in [0.25, 0.3) is 0 Å². The summed E-state index contributed by atoms with van der Waals surface area (Å²) in [4.78, 5) is 5.52. The molecular weight excluding hydrogens is 258 g/mol. The Morgan fingerprint density at radius 1 is 1.11 bits per heavy atom. The molecule has 5 heteroatoms. The van der Waals surface area contributed by atoms with Crippen LogP contribution in [0, 0.1) is 0 Å². The highest BCUT2D eigenvalue weighted by Crippen LogP contribution is 2.20. The monoisotopic (exact) mass is 271 g/mol. The molecule has 0 aliphatic carbocycles. The predicted molar refractivity (Wildman–Crippen MR) is 75.3 cm³/mol. The van der Waals surface area contributed by atoms with Gasteiger partial charge in [-0.15, -0.1) is 11.3 Å². The Bertz CT molecular complexity index is 619. The van der Waals surface area contributed by atoms with Crippen molar-refractivity contribution in [2.24, 2.45) is 0 Å². The van der Waals surface area contributed by atoms with Gasteiger partial charge in [0.15, 0.2) is 5.82 Å². The molecule has 1 aromatic carbocycles. The third kappa shape index (κ3) is 3.00. The van der Waals surface area contributed by atoms with Crippen LogP contribution >= 0.6 is 11.3 Å². The largest absolute Gasteiger partial charge is 0.493 e. The van der Waals surface area contributed by atoms with Gasteiger partial charge in [0.1, 0.15) is 11.6 Å². The van der Waals surface area contributed by atoms with Gasteiger partial charge in [0.2, 0.25) is 0 Å². The van der Waals surface area contributed by atoms with Crippen molar-refractivity contribution in [2.75, 3.05) is 6.61 Å². The number of ether oxygens (including phenoxy) is 1. The molecule has 0 fully saturated rings. The Balaban J connectivity index is 1.56. The zero-order valence-electron chi connectivity index (χ0n) is 10.2. The normalized spacial score (nSPS) is 10.5. The first-order chi connectivity index (χ1) is 9.42. The minimum absolute atomic E-state index is 0.586. The van der Waals surface area contributed by atoms with E-state index in [1.165, 1.54) is 0 Å². The second-order valence-corrected chi connectivity index (χ2v) is 4.94. The highest BCUT2D eigenvalue weighted by molar-refractivity contribution is 7.13. The third-order valence-electron chi connectivity index (χ3n) is 2.62. The number of hydrogen-bond donors (Lipinski definition) is 1. The summed E-state index contributed by atoms with van der Waals surface area (Å²) in [5.41, 5.74) is 0. The maximum Gasteiger partial charge on any atom is 0.191 e. The van der Waals surface area contributed by atoms with Crippen molar-refractivity contribution < 1.29 is 4.74 Å². The molecule has 0 radical (unpaired) electrons. The van der Waals surface area contributed by atoms with E-state index < -0.39 is 0 Å². The number of thiophene rings is 1. The Morgan fingerprint density at radius 2 is 2.00 bits per heavy atom. The van der Waals surface area contributed by atoms with Gasteiger partial charge in [-0.2, -0.15) is 5.10 Å². The van der Waals surface area contributed by atoms with Gasteiger partial charge in [-0.1, -0.05) is 24.3 Å². The lowest BCUT2D eigenvalue weighted by atomic mass is 10.3. The molecule has 0 aliphatic heterocycles. The van der Waals surface area contributed by atoms with Gasteiger partial charge >= 0.3 is 0 Å². The molecule has 4 nitrogen and oxygen atoms in total. The molecule has 2 aromatic heterocycles. The maximum atomic E-state index is 5.62. The number of nitrogens with zero attached hydrogens (tertiary/aromatic N) is 2. The molecular formula is C14H13N3OS. The van der Waals surface area contributed by atoms with Crippen molar-refractivity contribution in [3.63, 3.8) is 0 Å². The molecule has 0 unspecified atom stereocenters. The van der Waals surface area contributed by atoms with Gasteiger partial charge in [-0.05, 0) is 23.6 Å². The predicted octanol–water partition coefficient (Wildman–Crippen LogP) is 3.15. The SMILES string of the molecule is c1ccc(OCCc2nc(-c3cccs3)n[nH]2)cc1. The number of aromatic nitrogens is 3. The van der Waals surface area contributed by atoms with Crippen LogP contribution in [0.25, 0.3) is 10.7 Å². The van der Waals surface area contributed by atoms with Crippen molar-refractivity contribution >= 4 is 11.3 Å². The molecule has 3 aromatic rings. The standard InChI is InChI=1S/C14H13N3OS/c1-2-5-11(6-3-1)18-9-8-13-15-14(17-16-13)12-7-4-10-19-12/h1-7,10H,8-9H2,(H,15,16,17). The lowest BCUT2D eigenvalue weighted by Crippen LogP contribution is -2.02. The number of rotatable bonds is 5. The molecule has 1 N–H and O–H groups in total. The van der Waals surface area contributed by atoms with Gasteiger partial charge in [-0.25, -0.2) is 4.98 Å². The van der Waals surface area contributed by atoms with Crippen molar-refractivity contribution in [3.8, 4) is 16.5 Å². The van der Waals surface area contributed by atoms with Crippen LogP contribution in [0.3, 0.4) is 0 Å². The average Bonchev–Trinajstić information content (AvgIpc) is 3.10. The molecule has 19 heavy (non-hydrogen) atoms. The van der Waals surface area contributed by atoms with Crippen LogP contribution < -0.4 is 4.74 Å². The van der Waals surface area contributed by atoms with Crippen LogP contribution in [-0.2, 0) is 6.42 Å². The van der Waals surface area contributed by atoms with E-state index in [9.17, 15) is 0 Å². The first-order valence-corrected chi connectivity index (χ1v) is 6.93. The number of nitrogens with one attached hydrogen (secondary N) is 1. The maximum absolute atomic E-state index is 5.62. The number of aromatic amines is 1. The van der Waals surface area contributed by atoms with Crippen molar-refractivity contribution in [3.05, 3.63) is 53.7 Å². The number of H-pyrrole nitrogens is 1. The summed E-state index contributed by atoms with van der Waals surface area (Å²) < 4.78 is 5.62. The van der Waals surface area contributed by atoms with Crippen LogP contribution in [0.15, 0.2) is 47.8 Å². The molecule has 0 bridgehead atoms. The fourth-order valence-corrected chi connectivity index (χ4v) is 2.36.